The van der Waals surface area contributed by atoms with Gasteiger partial charge in [0.05, 0.1) is 47.4 Å². The van der Waals surface area contributed by atoms with E-state index in [1.807, 2.05) is 6.07 Å². The summed E-state index contributed by atoms with van der Waals surface area (Å²) in [7, 11) is 6.31. The van der Waals surface area contributed by atoms with Gasteiger partial charge in [0.25, 0.3) is 0 Å². The molecule has 0 spiro atoms. The van der Waals surface area contributed by atoms with E-state index < -0.39 is 0 Å². The van der Waals surface area contributed by atoms with E-state index in [4.69, 9.17) is 4.74 Å². The van der Waals surface area contributed by atoms with Crippen LogP contribution in [0.2, 0.25) is 0 Å². The highest BCUT2D eigenvalue weighted by Crippen LogP contribution is 2.22. The molecule has 1 aromatic carbocycles. The summed E-state index contributed by atoms with van der Waals surface area (Å²) in [6, 6.07) is 8.33. The third kappa shape index (κ3) is 2.47. The average Bonchev–Trinajstić information content (AvgIpc) is 2.29. The van der Waals surface area contributed by atoms with Crippen LogP contribution in [0.5, 0.6) is 5.75 Å². The molecule has 1 aliphatic rings. The summed E-state index contributed by atoms with van der Waals surface area (Å²) in [5.41, 5.74) is 1.28. The van der Waals surface area contributed by atoms with Gasteiger partial charge in [-0.15, -0.1) is 0 Å². The summed E-state index contributed by atoms with van der Waals surface area (Å²) in [4.78, 5) is 2.44. The maximum Gasteiger partial charge on any atom is 0.120 e. The molecular weight excluding hydrogens is 200 g/mol. The minimum absolute atomic E-state index is 0.942. The van der Waals surface area contributed by atoms with Gasteiger partial charge in [0, 0.05) is 11.8 Å². The summed E-state index contributed by atoms with van der Waals surface area (Å²) in [6.07, 6.45) is 0. The number of piperazine rings is 1. The van der Waals surface area contributed by atoms with Gasteiger partial charge in [-0.05, 0) is 12.1 Å². The number of anilines is 1. The van der Waals surface area contributed by atoms with Crippen LogP contribution < -0.4 is 9.64 Å². The number of rotatable bonds is 2. The fourth-order valence-electron chi connectivity index (χ4n) is 2.07. The molecule has 0 bridgehead atoms. The molecule has 3 heteroatoms. The smallest absolute Gasteiger partial charge is 0.120 e. The summed E-state index contributed by atoms with van der Waals surface area (Å²) < 4.78 is 6.38. The second-order valence-electron chi connectivity index (χ2n) is 5.07. The van der Waals surface area contributed by atoms with Crippen molar-refractivity contribution in [2.24, 2.45) is 0 Å². The predicted octanol–water partition coefficient (Wildman–Crippen LogP) is 1.59. The van der Waals surface area contributed by atoms with Gasteiger partial charge in [-0.2, -0.15) is 0 Å². The summed E-state index contributed by atoms with van der Waals surface area (Å²) in [5, 5.41) is 0. The van der Waals surface area contributed by atoms with Crippen molar-refractivity contribution in [1.82, 2.24) is 0 Å². The van der Waals surface area contributed by atoms with Crippen molar-refractivity contribution in [3.05, 3.63) is 24.3 Å². The quantitative estimate of drug-likeness (QED) is 0.703. The third-order valence-corrected chi connectivity index (χ3v) is 3.37. The summed E-state index contributed by atoms with van der Waals surface area (Å²) in [6.45, 7) is 4.66. The third-order valence-electron chi connectivity index (χ3n) is 3.37. The maximum atomic E-state index is 5.26. The van der Waals surface area contributed by atoms with Crippen molar-refractivity contribution < 1.29 is 9.22 Å². The lowest BCUT2D eigenvalue weighted by Crippen LogP contribution is -2.54. The lowest BCUT2D eigenvalue weighted by Gasteiger charge is -2.40. The van der Waals surface area contributed by atoms with E-state index in [9.17, 15) is 0 Å². The Morgan fingerprint density at radius 3 is 2.50 bits per heavy atom. The first-order chi connectivity index (χ1) is 7.61. The number of hydrogen-bond donors (Lipinski definition) is 0. The molecule has 0 atom stereocenters. The van der Waals surface area contributed by atoms with E-state index in [1.54, 1.807) is 7.11 Å². The van der Waals surface area contributed by atoms with Crippen molar-refractivity contribution in [1.29, 1.82) is 0 Å². The van der Waals surface area contributed by atoms with Gasteiger partial charge in [-0.1, -0.05) is 6.07 Å². The maximum absolute atomic E-state index is 5.26. The monoisotopic (exact) mass is 221 g/mol. The Bertz CT molecular complexity index is 353. The predicted molar refractivity (Wildman–Crippen MR) is 67.0 cm³/mol. The molecule has 0 amide bonds. The molecule has 1 saturated heterocycles. The Morgan fingerprint density at radius 1 is 1.19 bits per heavy atom. The molecular formula is C13H21N2O+. The second-order valence-corrected chi connectivity index (χ2v) is 5.07. The lowest BCUT2D eigenvalue weighted by atomic mass is 10.2. The molecule has 1 fully saturated rings. The van der Waals surface area contributed by atoms with Gasteiger partial charge >= 0.3 is 0 Å². The first kappa shape index (κ1) is 11.3. The van der Waals surface area contributed by atoms with E-state index >= 15 is 0 Å². The molecule has 1 heterocycles. The molecule has 0 saturated carbocycles. The Labute approximate surface area is 97.8 Å². The highest BCUT2D eigenvalue weighted by atomic mass is 16.5. The minimum atomic E-state index is 0.942. The number of methoxy groups -OCH3 is 1. The van der Waals surface area contributed by atoms with Gasteiger partial charge in [0.15, 0.2) is 0 Å². The zero-order chi connectivity index (χ0) is 11.6. The van der Waals surface area contributed by atoms with Crippen LogP contribution in [-0.4, -0.2) is 51.9 Å². The Hall–Kier alpha value is -1.22. The SMILES string of the molecule is COc1cccc(N2CC[N+](C)(C)CC2)c1. The van der Waals surface area contributed by atoms with Gasteiger partial charge in [0.1, 0.15) is 5.75 Å². The number of hydrogen-bond acceptors (Lipinski definition) is 2. The molecule has 1 aliphatic heterocycles. The number of benzene rings is 1. The molecule has 2 rings (SSSR count). The van der Waals surface area contributed by atoms with Crippen LogP contribution >= 0.6 is 0 Å². The van der Waals surface area contributed by atoms with Crippen LogP contribution in [0.1, 0.15) is 0 Å². The van der Waals surface area contributed by atoms with Crippen molar-refractivity contribution in [3.63, 3.8) is 0 Å². The second kappa shape index (κ2) is 4.34. The number of nitrogens with zero attached hydrogens (tertiary/aromatic N) is 2. The first-order valence-corrected chi connectivity index (χ1v) is 5.82. The zero-order valence-electron chi connectivity index (χ0n) is 10.4. The van der Waals surface area contributed by atoms with Gasteiger partial charge in [0.2, 0.25) is 0 Å². The van der Waals surface area contributed by atoms with E-state index in [-0.39, 0.29) is 0 Å². The fraction of sp³-hybridized carbons (Fsp3) is 0.538. The van der Waals surface area contributed by atoms with E-state index in [2.05, 4.69) is 37.2 Å². The Morgan fingerprint density at radius 2 is 1.88 bits per heavy atom. The summed E-state index contributed by atoms with van der Waals surface area (Å²) >= 11 is 0. The Kier molecular flexibility index (Phi) is 3.06. The fourth-order valence-corrected chi connectivity index (χ4v) is 2.07. The Balaban J connectivity index is 2.08. The molecule has 0 aliphatic carbocycles. The van der Waals surface area contributed by atoms with Crippen molar-refractivity contribution in [2.75, 3.05) is 52.3 Å². The van der Waals surface area contributed by atoms with E-state index in [0.717, 1.165) is 23.3 Å². The van der Waals surface area contributed by atoms with Gasteiger partial charge < -0.3 is 14.1 Å². The minimum Gasteiger partial charge on any atom is -0.497 e. The molecule has 88 valence electrons. The highest BCUT2D eigenvalue weighted by molar-refractivity contribution is 5.50. The average molecular weight is 221 g/mol. The molecule has 0 aromatic heterocycles. The number of ether oxygens (including phenoxy) is 1. The lowest BCUT2D eigenvalue weighted by molar-refractivity contribution is -0.890. The molecule has 16 heavy (non-hydrogen) atoms. The number of quaternary nitrogens is 1. The highest BCUT2D eigenvalue weighted by Gasteiger charge is 2.24. The standard InChI is InChI=1S/C13H21N2O/c1-15(2)9-7-14(8-10-15)12-5-4-6-13(11-12)16-3/h4-6,11H,7-10H2,1-3H3/q+1. The molecule has 0 radical (unpaired) electrons. The van der Waals surface area contributed by atoms with Crippen molar-refractivity contribution in [3.8, 4) is 5.75 Å². The van der Waals surface area contributed by atoms with Crippen LogP contribution in [0.4, 0.5) is 5.69 Å². The van der Waals surface area contributed by atoms with E-state index in [1.165, 1.54) is 18.8 Å². The van der Waals surface area contributed by atoms with Gasteiger partial charge in [-0.25, -0.2) is 0 Å². The molecule has 1 aromatic rings. The zero-order valence-corrected chi connectivity index (χ0v) is 10.4. The molecule has 3 nitrogen and oxygen atoms in total. The van der Waals surface area contributed by atoms with E-state index in [0.29, 0.717) is 0 Å². The normalized spacial score (nSPS) is 19.6. The topological polar surface area (TPSA) is 12.5 Å². The summed E-state index contributed by atoms with van der Waals surface area (Å²) in [5.74, 6) is 0.942. The van der Waals surface area contributed by atoms with Crippen LogP contribution in [0.3, 0.4) is 0 Å². The van der Waals surface area contributed by atoms with Crippen molar-refractivity contribution >= 4 is 5.69 Å². The van der Waals surface area contributed by atoms with Crippen molar-refractivity contribution in [2.45, 2.75) is 0 Å². The molecule has 0 N–H and O–H groups in total. The van der Waals surface area contributed by atoms with Crippen LogP contribution in [0.15, 0.2) is 24.3 Å². The van der Waals surface area contributed by atoms with Gasteiger partial charge in [-0.3, -0.25) is 0 Å². The van der Waals surface area contributed by atoms with Crippen LogP contribution in [0.25, 0.3) is 0 Å². The number of likely N-dealkylation sites (N-methyl/N-ethyl adjacent to an activating group) is 1. The molecule has 0 unspecified atom stereocenters. The first-order valence-electron chi connectivity index (χ1n) is 5.82. The van der Waals surface area contributed by atoms with Crippen LogP contribution in [-0.2, 0) is 0 Å². The largest absolute Gasteiger partial charge is 0.497 e. The van der Waals surface area contributed by atoms with Crippen LogP contribution in [0, 0.1) is 0 Å².